The largest absolute Gasteiger partial charge is 0.456 e. The highest BCUT2D eigenvalue weighted by molar-refractivity contribution is 7.88. The summed E-state index contributed by atoms with van der Waals surface area (Å²) in [6, 6.07) is 0. The molecule has 0 spiro atoms. The van der Waals surface area contributed by atoms with Crippen LogP contribution in [-0.4, -0.2) is 56.0 Å². The number of carbonyl (C=O) groups is 1. The van der Waals surface area contributed by atoms with Crippen molar-refractivity contribution in [3.8, 4) is 0 Å². The van der Waals surface area contributed by atoms with Crippen LogP contribution in [0.3, 0.4) is 0 Å². The summed E-state index contributed by atoms with van der Waals surface area (Å²) in [6.07, 6.45) is -9.01. The van der Waals surface area contributed by atoms with Crippen molar-refractivity contribution in [1.29, 1.82) is 0 Å². The maximum absolute atomic E-state index is 13.9. The van der Waals surface area contributed by atoms with Crippen molar-refractivity contribution in [2.45, 2.75) is 41.5 Å². The van der Waals surface area contributed by atoms with Crippen molar-refractivity contribution < 1.29 is 52.7 Å². The second-order valence-corrected chi connectivity index (χ2v) is 9.22. The smallest absolute Gasteiger partial charge is 0.451 e. The van der Waals surface area contributed by atoms with Crippen molar-refractivity contribution in [3.05, 3.63) is 0 Å². The molecule has 6 atom stereocenters. The number of hydrogen-bond acceptors (Lipinski definition) is 7. The van der Waals surface area contributed by atoms with Crippen LogP contribution in [0.1, 0.15) is 12.8 Å². The van der Waals surface area contributed by atoms with E-state index >= 15 is 0 Å². The summed E-state index contributed by atoms with van der Waals surface area (Å²) in [4.78, 5) is 11.6. The number of halogens is 4. The molecular weight excluding hydrogens is 388 g/mol. The first kappa shape index (κ1) is 17.8. The molecule has 1 aliphatic heterocycles. The van der Waals surface area contributed by atoms with E-state index in [0.717, 1.165) is 0 Å². The number of ether oxygens (including phenoxy) is 1. The maximum atomic E-state index is 13.9. The van der Waals surface area contributed by atoms with Gasteiger partial charge in [0.1, 0.15) is 12.2 Å². The quantitative estimate of drug-likeness (QED) is 0.308. The first-order valence-corrected chi connectivity index (χ1v) is 9.47. The standard InChI is InChI=1S/C10H10F4O8S2/c11-9(10(12,13)14,24(18,19)20)8(15)21-6-3-1-4-5(2-3)23(16,17)22-7(4)6/h3-7H,1-2H2,(H,18,19,20). The van der Waals surface area contributed by atoms with E-state index in [2.05, 4.69) is 4.74 Å². The molecule has 3 fully saturated rings. The summed E-state index contributed by atoms with van der Waals surface area (Å²) in [5.74, 6) is -4.20. The SMILES string of the molecule is O=C(OC1C2CC3C1OS(=O)(=O)C3C2)C(F)(C(F)(F)F)S(=O)(=O)O. The van der Waals surface area contributed by atoms with Crippen LogP contribution in [0.2, 0.25) is 0 Å². The van der Waals surface area contributed by atoms with Crippen molar-refractivity contribution in [3.63, 3.8) is 0 Å². The van der Waals surface area contributed by atoms with Gasteiger partial charge in [-0.2, -0.15) is 30.0 Å². The van der Waals surface area contributed by atoms with Gasteiger partial charge in [0.2, 0.25) is 0 Å². The Labute approximate surface area is 133 Å². The van der Waals surface area contributed by atoms with Crippen LogP contribution < -0.4 is 0 Å². The van der Waals surface area contributed by atoms with E-state index in [1.807, 2.05) is 0 Å². The molecule has 2 bridgehead atoms. The van der Waals surface area contributed by atoms with Crippen LogP contribution in [0, 0.1) is 11.8 Å². The van der Waals surface area contributed by atoms with Gasteiger partial charge in [-0.25, -0.2) is 9.18 Å². The first-order valence-electron chi connectivity index (χ1n) is 6.56. The average molecular weight is 398 g/mol. The lowest BCUT2D eigenvalue weighted by atomic mass is 9.94. The molecule has 6 unspecified atom stereocenters. The van der Waals surface area contributed by atoms with Crippen molar-refractivity contribution >= 4 is 26.2 Å². The highest BCUT2D eigenvalue weighted by Gasteiger charge is 2.74. The van der Waals surface area contributed by atoms with E-state index in [9.17, 15) is 39.2 Å². The molecule has 0 aromatic heterocycles. The highest BCUT2D eigenvalue weighted by Crippen LogP contribution is 2.56. The molecule has 1 N–H and O–H groups in total. The summed E-state index contributed by atoms with van der Waals surface area (Å²) in [6.45, 7) is 0. The Morgan fingerprint density at radius 1 is 1.21 bits per heavy atom. The lowest BCUT2D eigenvalue weighted by molar-refractivity contribution is -0.221. The first-order chi connectivity index (χ1) is 10.7. The number of carbonyl (C=O) groups excluding carboxylic acids is 1. The van der Waals surface area contributed by atoms with Gasteiger partial charge in [-0.1, -0.05) is 0 Å². The molecule has 0 radical (unpaired) electrons. The van der Waals surface area contributed by atoms with E-state index in [1.54, 1.807) is 0 Å². The Bertz CT molecular complexity index is 790. The van der Waals surface area contributed by atoms with Gasteiger partial charge in [-0.05, 0) is 12.8 Å². The summed E-state index contributed by atoms with van der Waals surface area (Å²) < 4.78 is 114. The second kappa shape index (κ2) is 4.80. The summed E-state index contributed by atoms with van der Waals surface area (Å²) in [7, 11) is -10.5. The van der Waals surface area contributed by atoms with Gasteiger partial charge in [0.05, 0.1) is 5.25 Å². The van der Waals surface area contributed by atoms with Crippen LogP contribution in [-0.2, 0) is 34.0 Å². The van der Waals surface area contributed by atoms with Gasteiger partial charge in [-0.15, -0.1) is 0 Å². The molecule has 8 nitrogen and oxygen atoms in total. The number of alkyl halides is 4. The molecule has 1 saturated heterocycles. The van der Waals surface area contributed by atoms with Gasteiger partial charge in [-0.3, -0.25) is 8.74 Å². The third-order valence-electron chi connectivity index (χ3n) is 4.64. The Balaban J connectivity index is 1.89. The fourth-order valence-electron chi connectivity index (χ4n) is 3.61. The molecule has 14 heteroatoms. The van der Waals surface area contributed by atoms with Crippen molar-refractivity contribution in [2.75, 3.05) is 0 Å². The average Bonchev–Trinajstić information content (AvgIpc) is 2.98. The minimum absolute atomic E-state index is 0.0569. The molecule has 2 aliphatic carbocycles. The Morgan fingerprint density at radius 2 is 1.79 bits per heavy atom. The van der Waals surface area contributed by atoms with Gasteiger partial charge < -0.3 is 4.74 Å². The lowest BCUT2D eigenvalue weighted by Gasteiger charge is -2.29. The number of fused-ring (bicyclic) bond motifs is 1. The Hall–Kier alpha value is -0.990. The Kier molecular flexibility index (Phi) is 3.56. The number of rotatable bonds is 3. The summed E-state index contributed by atoms with van der Waals surface area (Å²) in [5, 5.41) is -6.54. The highest BCUT2D eigenvalue weighted by atomic mass is 32.2. The van der Waals surface area contributed by atoms with Gasteiger partial charge in [0.25, 0.3) is 10.1 Å². The minimum Gasteiger partial charge on any atom is -0.456 e. The predicted octanol–water partition coefficient (Wildman–Crippen LogP) is 0.151. The molecule has 0 amide bonds. The summed E-state index contributed by atoms with van der Waals surface area (Å²) in [5.41, 5.74) is 0. The third-order valence-corrected chi connectivity index (χ3v) is 7.52. The molecule has 138 valence electrons. The number of esters is 1. The van der Waals surface area contributed by atoms with Gasteiger partial charge in [0, 0.05) is 11.8 Å². The zero-order valence-corrected chi connectivity index (χ0v) is 13.1. The van der Waals surface area contributed by atoms with E-state index in [0.29, 0.717) is 0 Å². The molecule has 1 heterocycles. The van der Waals surface area contributed by atoms with E-state index in [1.165, 1.54) is 0 Å². The lowest BCUT2D eigenvalue weighted by Crippen LogP contribution is -2.56. The predicted molar refractivity (Wildman–Crippen MR) is 65.1 cm³/mol. The van der Waals surface area contributed by atoms with Crippen molar-refractivity contribution in [2.24, 2.45) is 11.8 Å². The van der Waals surface area contributed by atoms with Crippen LogP contribution in [0.5, 0.6) is 0 Å². The van der Waals surface area contributed by atoms with Gasteiger partial charge >= 0.3 is 27.3 Å². The number of hydrogen-bond donors (Lipinski definition) is 1. The topological polar surface area (TPSA) is 124 Å². The fraction of sp³-hybridized carbons (Fsp3) is 0.900. The van der Waals surface area contributed by atoms with Crippen LogP contribution in [0.25, 0.3) is 0 Å². The van der Waals surface area contributed by atoms with Crippen LogP contribution in [0.15, 0.2) is 0 Å². The van der Waals surface area contributed by atoms with Crippen molar-refractivity contribution in [1.82, 2.24) is 0 Å². The zero-order chi connectivity index (χ0) is 18.3. The summed E-state index contributed by atoms with van der Waals surface area (Å²) >= 11 is 0. The molecule has 0 aromatic carbocycles. The molecule has 24 heavy (non-hydrogen) atoms. The monoisotopic (exact) mass is 398 g/mol. The minimum atomic E-state index is -6.54. The third kappa shape index (κ3) is 2.19. The van der Waals surface area contributed by atoms with Crippen LogP contribution in [0.4, 0.5) is 17.6 Å². The maximum Gasteiger partial charge on any atom is 0.451 e. The Morgan fingerprint density at radius 3 is 2.29 bits per heavy atom. The molecular formula is C10H10F4O8S2. The normalized spacial score (nSPS) is 39.6. The molecule has 2 saturated carbocycles. The molecule has 3 aliphatic rings. The molecule has 3 rings (SSSR count). The van der Waals surface area contributed by atoms with E-state index in [-0.39, 0.29) is 12.8 Å². The van der Waals surface area contributed by atoms with Crippen LogP contribution >= 0.6 is 0 Å². The molecule has 0 aromatic rings. The van der Waals surface area contributed by atoms with E-state index in [4.69, 9.17) is 8.74 Å². The van der Waals surface area contributed by atoms with E-state index < -0.39 is 66.7 Å². The second-order valence-electron chi connectivity index (χ2n) is 5.93. The zero-order valence-electron chi connectivity index (χ0n) is 11.4. The fourth-order valence-corrected chi connectivity index (χ4v) is 6.04. The van der Waals surface area contributed by atoms with Gasteiger partial charge in [0.15, 0.2) is 0 Å².